The molecule has 7 nitrogen and oxygen atoms in total. The van der Waals surface area contributed by atoms with Gasteiger partial charge in [-0.25, -0.2) is 4.79 Å². The summed E-state index contributed by atoms with van der Waals surface area (Å²) in [5.74, 6) is 0. The largest absolute Gasteiger partial charge is 0.392 e. The fourth-order valence-corrected chi connectivity index (χ4v) is 8.22. The molecule has 3 aliphatic rings. The second-order valence-electron chi connectivity index (χ2n) is 14.5. The number of nitrogens with zero attached hydrogens (tertiary/aromatic N) is 1. The molecule has 45 heavy (non-hydrogen) atoms. The lowest BCUT2D eigenvalue weighted by Crippen LogP contribution is -2.42. The average Bonchev–Trinajstić information content (AvgIpc) is 3.27. The van der Waals surface area contributed by atoms with E-state index in [4.69, 9.17) is 9.47 Å². The van der Waals surface area contributed by atoms with E-state index in [0.29, 0.717) is 30.0 Å². The maximum atomic E-state index is 11.9. The minimum Gasteiger partial charge on any atom is -0.392 e. The summed E-state index contributed by atoms with van der Waals surface area (Å²) in [5, 5.41) is 15.3. The van der Waals surface area contributed by atoms with Gasteiger partial charge in [0, 0.05) is 44.2 Å². The number of nitrogens with one attached hydrogen (secondary N) is 2. The fraction of sp³-hybridized carbons (Fsp3) is 0.500. The molecule has 1 aliphatic carbocycles. The van der Waals surface area contributed by atoms with Crippen LogP contribution in [0.2, 0.25) is 0 Å². The van der Waals surface area contributed by atoms with E-state index in [1.54, 1.807) is 0 Å². The van der Waals surface area contributed by atoms with Gasteiger partial charge in [-0.05, 0) is 77.0 Å². The van der Waals surface area contributed by atoms with Crippen LogP contribution >= 0.6 is 0 Å². The van der Waals surface area contributed by atoms with E-state index in [9.17, 15) is 9.90 Å². The van der Waals surface area contributed by atoms with Crippen molar-refractivity contribution in [3.63, 3.8) is 0 Å². The first-order chi connectivity index (χ1) is 21.6. The van der Waals surface area contributed by atoms with Crippen LogP contribution in [0.4, 0.5) is 4.79 Å². The van der Waals surface area contributed by atoms with Crippen molar-refractivity contribution in [3.05, 3.63) is 95.1 Å². The number of benzene rings is 3. The molecule has 3 N–H and O–H groups in total. The smallest absolute Gasteiger partial charge is 0.315 e. The van der Waals surface area contributed by atoms with Crippen LogP contribution in [0.5, 0.6) is 0 Å². The Morgan fingerprint density at radius 3 is 2.42 bits per heavy atom. The summed E-state index contributed by atoms with van der Waals surface area (Å²) in [7, 11) is 0. The van der Waals surface area contributed by atoms with Crippen molar-refractivity contribution in [1.82, 2.24) is 15.5 Å². The van der Waals surface area contributed by atoms with Gasteiger partial charge in [0.05, 0.1) is 18.8 Å². The zero-order valence-corrected chi connectivity index (χ0v) is 27.2. The van der Waals surface area contributed by atoms with Crippen LogP contribution < -0.4 is 10.6 Å². The zero-order valence-electron chi connectivity index (χ0n) is 27.2. The Bertz CT molecular complexity index is 1470. The standard InChI is InChI=1S/C38H49N3O4/c1-5-39-36(43)40-21-27-8-6-9-29(16-27)30-10-7-11-31(17-30)35-44-33(18-34(45-35)28-14-12-26(23-42)13-15-28)22-41-25-38(4)20-32(41)19-37(2,3)24-38/h6-17,32-35,42H,5,18-25H2,1-4H3,(H2,39,40,43)/t32?,33-,34+,35+,38?/m0/s1. The van der Waals surface area contributed by atoms with E-state index in [-0.39, 0.29) is 24.8 Å². The number of hydrogen-bond donors (Lipinski definition) is 3. The second kappa shape index (κ2) is 13.2. The van der Waals surface area contributed by atoms with Crippen LogP contribution in [0.25, 0.3) is 11.1 Å². The molecule has 0 radical (unpaired) electrons. The molecule has 2 bridgehead atoms. The first-order valence-electron chi connectivity index (χ1n) is 16.6. The first kappa shape index (κ1) is 31.7. The lowest BCUT2D eigenvalue weighted by Gasteiger charge is -2.41. The molecule has 1 saturated carbocycles. The highest BCUT2D eigenvalue weighted by Crippen LogP contribution is 2.53. The Morgan fingerprint density at radius 2 is 1.67 bits per heavy atom. The molecule has 3 aromatic carbocycles. The predicted octanol–water partition coefficient (Wildman–Crippen LogP) is 7.11. The van der Waals surface area contributed by atoms with Gasteiger partial charge in [-0.15, -0.1) is 0 Å². The van der Waals surface area contributed by atoms with Crippen molar-refractivity contribution in [2.45, 2.75) is 91.1 Å². The van der Waals surface area contributed by atoms with Crippen molar-refractivity contribution in [1.29, 1.82) is 0 Å². The molecule has 0 aromatic heterocycles. The molecule has 6 rings (SSSR count). The van der Waals surface area contributed by atoms with Crippen molar-refractivity contribution < 1.29 is 19.4 Å². The van der Waals surface area contributed by atoms with E-state index >= 15 is 0 Å². The minimum absolute atomic E-state index is 0.0294. The molecule has 240 valence electrons. The molecule has 2 saturated heterocycles. The number of hydrogen-bond acceptors (Lipinski definition) is 5. The maximum Gasteiger partial charge on any atom is 0.315 e. The van der Waals surface area contributed by atoms with Crippen molar-refractivity contribution in [2.75, 3.05) is 19.6 Å². The SMILES string of the molecule is CCNC(=O)NCc1cccc(-c2cccc([C@@H]3O[C@H](CN4CC5(C)CC4CC(C)(C)C5)C[C@H](c4ccc(CO)cc4)O3)c2)c1. The summed E-state index contributed by atoms with van der Waals surface area (Å²) >= 11 is 0. The van der Waals surface area contributed by atoms with Crippen LogP contribution in [-0.4, -0.2) is 47.8 Å². The number of urea groups is 1. The number of rotatable bonds is 9. The predicted molar refractivity (Wildman–Crippen MR) is 177 cm³/mol. The molecule has 2 amide bonds. The Morgan fingerprint density at radius 1 is 0.911 bits per heavy atom. The van der Waals surface area contributed by atoms with Crippen molar-refractivity contribution in [2.24, 2.45) is 10.8 Å². The number of aliphatic hydroxyl groups excluding tert-OH is 1. The molecule has 5 atom stereocenters. The van der Waals surface area contributed by atoms with Crippen molar-refractivity contribution >= 4 is 6.03 Å². The third-order valence-corrected chi connectivity index (χ3v) is 9.79. The molecule has 2 unspecified atom stereocenters. The molecule has 7 heteroatoms. The molecule has 3 aromatic rings. The third kappa shape index (κ3) is 7.60. The number of amides is 2. The number of fused-ring (bicyclic) bond motifs is 2. The highest BCUT2D eigenvalue weighted by atomic mass is 16.7. The summed E-state index contributed by atoms with van der Waals surface area (Å²) in [6.07, 6.45) is 4.00. The number of carbonyl (C=O) groups is 1. The molecule has 2 heterocycles. The summed E-state index contributed by atoms with van der Waals surface area (Å²) < 4.78 is 13.5. The normalized spacial score (nSPS) is 27.7. The van der Waals surface area contributed by atoms with Gasteiger partial charge in [-0.1, -0.05) is 81.4 Å². The van der Waals surface area contributed by atoms with E-state index in [2.05, 4.69) is 84.8 Å². The van der Waals surface area contributed by atoms with Gasteiger partial charge in [0.1, 0.15) is 0 Å². The monoisotopic (exact) mass is 611 g/mol. The van der Waals surface area contributed by atoms with Crippen LogP contribution in [-0.2, 0) is 22.6 Å². The fourth-order valence-electron chi connectivity index (χ4n) is 8.22. The maximum absolute atomic E-state index is 11.9. The van der Waals surface area contributed by atoms with Crippen LogP contribution in [0.15, 0.2) is 72.8 Å². The van der Waals surface area contributed by atoms with Crippen LogP contribution in [0.3, 0.4) is 0 Å². The van der Waals surface area contributed by atoms with Crippen molar-refractivity contribution in [3.8, 4) is 11.1 Å². The molecular weight excluding hydrogens is 562 g/mol. The van der Waals surface area contributed by atoms with Crippen LogP contribution in [0.1, 0.15) is 88.0 Å². The summed E-state index contributed by atoms with van der Waals surface area (Å²) in [6, 6.07) is 25.3. The van der Waals surface area contributed by atoms with Gasteiger partial charge >= 0.3 is 6.03 Å². The lowest BCUT2D eigenvalue weighted by molar-refractivity contribution is -0.253. The lowest BCUT2D eigenvalue weighted by atomic mass is 9.65. The quantitative estimate of drug-likeness (QED) is 0.240. The number of aliphatic hydroxyl groups is 1. The summed E-state index contributed by atoms with van der Waals surface area (Å²) in [4.78, 5) is 14.6. The van der Waals surface area contributed by atoms with E-state index in [0.717, 1.165) is 52.9 Å². The van der Waals surface area contributed by atoms with Gasteiger partial charge in [-0.2, -0.15) is 0 Å². The van der Waals surface area contributed by atoms with E-state index < -0.39 is 6.29 Å². The number of carbonyl (C=O) groups excluding carboxylic acids is 1. The second-order valence-corrected chi connectivity index (χ2v) is 14.5. The Hall–Kier alpha value is -3.23. The van der Waals surface area contributed by atoms with E-state index in [1.807, 2.05) is 31.2 Å². The highest BCUT2D eigenvalue weighted by Gasteiger charge is 2.50. The number of ether oxygens (including phenoxy) is 2. The Labute approximate surface area is 268 Å². The van der Waals surface area contributed by atoms with Crippen LogP contribution in [0, 0.1) is 10.8 Å². The molecular formula is C38H49N3O4. The van der Waals surface area contributed by atoms with Gasteiger partial charge in [0.25, 0.3) is 0 Å². The zero-order chi connectivity index (χ0) is 31.6. The topological polar surface area (TPSA) is 83.1 Å². The van der Waals surface area contributed by atoms with E-state index in [1.165, 1.54) is 19.3 Å². The summed E-state index contributed by atoms with van der Waals surface area (Å²) in [6.45, 7) is 12.3. The van der Waals surface area contributed by atoms with Gasteiger partial charge in [0.15, 0.2) is 6.29 Å². The number of likely N-dealkylation sites (tertiary alicyclic amines) is 1. The average molecular weight is 612 g/mol. The first-order valence-corrected chi connectivity index (χ1v) is 16.6. The van der Waals surface area contributed by atoms with Gasteiger partial charge in [-0.3, -0.25) is 4.90 Å². The molecule has 2 aliphatic heterocycles. The molecule has 3 fully saturated rings. The third-order valence-electron chi connectivity index (χ3n) is 9.79. The Balaban J connectivity index is 1.23. The summed E-state index contributed by atoms with van der Waals surface area (Å²) in [5.41, 5.74) is 6.94. The van der Waals surface area contributed by atoms with Gasteiger partial charge in [0.2, 0.25) is 0 Å². The highest BCUT2D eigenvalue weighted by molar-refractivity contribution is 5.74. The van der Waals surface area contributed by atoms with Gasteiger partial charge < -0.3 is 25.2 Å². The Kier molecular flexibility index (Phi) is 9.34. The molecule has 0 spiro atoms. The minimum atomic E-state index is -0.497.